The maximum Gasteiger partial charge on any atom is 0.240 e. The van der Waals surface area contributed by atoms with Gasteiger partial charge in [-0.2, -0.15) is 0 Å². The van der Waals surface area contributed by atoms with Gasteiger partial charge < -0.3 is 10.2 Å². The number of hydrogen-bond acceptors (Lipinski definition) is 2. The molecule has 1 heterocycles. The molecule has 3 rings (SSSR count). The summed E-state index contributed by atoms with van der Waals surface area (Å²) in [6.07, 6.45) is 3.41. The Morgan fingerprint density at radius 3 is 2.89 bits per heavy atom. The lowest BCUT2D eigenvalue weighted by Gasteiger charge is -2.17. The highest BCUT2D eigenvalue weighted by Gasteiger charge is 2.35. The molecule has 3 nitrogen and oxygen atoms in total. The molecule has 18 heavy (non-hydrogen) atoms. The van der Waals surface area contributed by atoms with Gasteiger partial charge in [-0.15, -0.1) is 0 Å². The highest BCUT2D eigenvalue weighted by molar-refractivity contribution is 9.10. The molecular weight excluding hydrogens is 292 g/mol. The largest absolute Gasteiger partial charge is 0.337 e. The molecule has 1 aliphatic heterocycles. The van der Waals surface area contributed by atoms with Crippen molar-refractivity contribution in [1.82, 2.24) is 10.2 Å². The molecule has 1 aromatic carbocycles. The first-order valence-corrected chi connectivity index (χ1v) is 7.31. The zero-order chi connectivity index (χ0) is 12.5. The third kappa shape index (κ3) is 2.75. The summed E-state index contributed by atoms with van der Waals surface area (Å²) in [6.45, 7) is 1.59. The van der Waals surface area contributed by atoms with Crippen LogP contribution in [-0.2, 0) is 11.3 Å². The molecule has 1 aromatic rings. The van der Waals surface area contributed by atoms with E-state index in [1.807, 2.05) is 17.0 Å². The molecule has 4 heteroatoms. The van der Waals surface area contributed by atoms with Crippen LogP contribution in [0.15, 0.2) is 28.7 Å². The van der Waals surface area contributed by atoms with Gasteiger partial charge in [-0.25, -0.2) is 0 Å². The van der Waals surface area contributed by atoms with Crippen LogP contribution in [0.3, 0.4) is 0 Å². The van der Waals surface area contributed by atoms with E-state index in [1.165, 1.54) is 18.4 Å². The summed E-state index contributed by atoms with van der Waals surface area (Å²) in [5, 5.41) is 3.43. The zero-order valence-electron chi connectivity index (χ0n) is 10.2. The van der Waals surface area contributed by atoms with Crippen molar-refractivity contribution in [2.75, 3.05) is 6.54 Å². The number of benzene rings is 1. The second-order valence-corrected chi connectivity index (χ2v) is 6.09. The molecule has 1 aliphatic carbocycles. The van der Waals surface area contributed by atoms with Crippen LogP contribution < -0.4 is 5.32 Å². The molecule has 1 N–H and O–H groups in total. The van der Waals surface area contributed by atoms with E-state index in [0.29, 0.717) is 6.04 Å². The Balaban J connectivity index is 1.61. The molecule has 2 fully saturated rings. The van der Waals surface area contributed by atoms with Gasteiger partial charge in [0.1, 0.15) is 0 Å². The lowest BCUT2D eigenvalue weighted by molar-refractivity contribution is -0.129. The van der Waals surface area contributed by atoms with Crippen LogP contribution in [0.1, 0.15) is 24.8 Å². The number of hydrogen-bond donors (Lipinski definition) is 1. The highest BCUT2D eigenvalue weighted by Crippen LogP contribution is 2.23. The van der Waals surface area contributed by atoms with Crippen molar-refractivity contribution in [3.63, 3.8) is 0 Å². The first kappa shape index (κ1) is 12.2. The number of nitrogens with zero attached hydrogens (tertiary/aromatic N) is 1. The number of rotatable bonds is 4. The van der Waals surface area contributed by atoms with E-state index in [0.717, 1.165) is 24.0 Å². The summed E-state index contributed by atoms with van der Waals surface area (Å²) in [4.78, 5) is 14.2. The molecule has 96 valence electrons. The van der Waals surface area contributed by atoms with Crippen LogP contribution in [0.4, 0.5) is 0 Å². The van der Waals surface area contributed by atoms with E-state index in [1.54, 1.807) is 0 Å². The van der Waals surface area contributed by atoms with Crippen LogP contribution in [0.25, 0.3) is 0 Å². The summed E-state index contributed by atoms with van der Waals surface area (Å²) in [5.41, 5.74) is 1.18. The Hall–Kier alpha value is -0.870. The van der Waals surface area contributed by atoms with E-state index in [-0.39, 0.29) is 11.9 Å². The van der Waals surface area contributed by atoms with Gasteiger partial charge in [-0.1, -0.05) is 28.1 Å². The van der Waals surface area contributed by atoms with Crippen molar-refractivity contribution >= 4 is 21.8 Å². The fourth-order valence-corrected chi connectivity index (χ4v) is 2.89. The third-order valence-corrected chi connectivity index (χ3v) is 4.07. The fraction of sp³-hybridized carbons (Fsp3) is 0.500. The Morgan fingerprint density at radius 1 is 1.33 bits per heavy atom. The van der Waals surface area contributed by atoms with E-state index in [2.05, 4.69) is 33.4 Å². The first-order valence-electron chi connectivity index (χ1n) is 6.51. The molecule has 1 atom stereocenters. The molecule has 0 radical (unpaired) electrons. The van der Waals surface area contributed by atoms with Crippen molar-refractivity contribution in [3.8, 4) is 0 Å². The van der Waals surface area contributed by atoms with Crippen LogP contribution in [0.5, 0.6) is 0 Å². The van der Waals surface area contributed by atoms with Gasteiger partial charge in [0, 0.05) is 23.6 Å². The predicted octanol–water partition coefficient (Wildman–Crippen LogP) is 2.30. The number of amides is 1. The lowest BCUT2D eigenvalue weighted by atomic mass is 10.2. The van der Waals surface area contributed by atoms with Gasteiger partial charge in [0.2, 0.25) is 5.91 Å². The van der Waals surface area contributed by atoms with Gasteiger partial charge in [-0.05, 0) is 37.0 Å². The van der Waals surface area contributed by atoms with Crippen LogP contribution >= 0.6 is 15.9 Å². The van der Waals surface area contributed by atoms with Gasteiger partial charge >= 0.3 is 0 Å². The standard InChI is InChI=1S/C14H17BrN2O/c15-11-3-1-2-10(8-11)9-17-7-6-13(14(17)18)16-12-4-5-12/h1-3,8,12-13,16H,4-7,9H2. The Kier molecular flexibility index (Phi) is 3.39. The third-order valence-electron chi connectivity index (χ3n) is 3.57. The number of carbonyl (C=O) groups excluding carboxylic acids is 1. The van der Waals surface area contributed by atoms with Gasteiger partial charge in [0.05, 0.1) is 6.04 Å². The van der Waals surface area contributed by atoms with Crippen molar-refractivity contribution in [1.29, 1.82) is 0 Å². The fourth-order valence-electron chi connectivity index (χ4n) is 2.44. The number of likely N-dealkylation sites (tertiary alicyclic amines) is 1. The minimum absolute atomic E-state index is 0.0599. The molecule has 0 spiro atoms. The summed E-state index contributed by atoms with van der Waals surface area (Å²) in [6, 6.07) is 8.83. The lowest BCUT2D eigenvalue weighted by Crippen LogP contribution is -2.39. The molecule has 2 aliphatic rings. The van der Waals surface area contributed by atoms with Gasteiger partial charge in [-0.3, -0.25) is 4.79 Å². The summed E-state index contributed by atoms with van der Waals surface area (Å²) in [5.74, 6) is 0.266. The second-order valence-electron chi connectivity index (χ2n) is 5.17. The molecule has 1 saturated heterocycles. The molecule has 0 bridgehead atoms. The maximum atomic E-state index is 12.2. The molecule has 0 aromatic heterocycles. The van der Waals surface area contributed by atoms with E-state index < -0.39 is 0 Å². The Labute approximate surface area is 116 Å². The van der Waals surface area contributed by atoms with Gasteiger partial charge in [0.25, 0.3) is 0 Å². The average Bonchev–Trinajstić information content (AvgIpc) is 3.10. The SMILES string of the molecule is O=C1C(NC2CC2)CCN1Cc1cccc(Br)c1. The summed E-state index contributed by atoms with van der Waals surface area (Å²) < 4.78 is 1.07. The van der Waals surface area contributed by atoms with Crippen LogP contribution in [0.2, 0.25) is 0 Å². The van der Waals surface area contributed by atoms with Crippen molar-refractivity contribution < 1.29 is 4.79 Å². The summed E-state index contributed by atoms with van der Waals surface area (Å²) in [7, 11) is 0. The number of carbonyl (C=O) groups is 1. The maximum absolute atomic E-state index is 12.2. The van der Waals surface area contributed by atoms with E-state index >= 15 is 0 Å². The highest BCUT2D eigenvalue weighted by atomic mass is 79.9. The van der Waals surface area contributed by atoms with Crippen molar-refractivity contribution in [2.45, 2.75) is 37.9 Å². The molecule has 1 unspecified atom stereocenters. The van der Waals surface area contributed by atoms with E-state index in [9.17, 15) is 4.79 Å². The smallest absolute Gasteiger partial charge is 0.240 e. The topological polar surface area (TPSA) is 32.3 Å². The van der Waals surface area contributed by atoms with Crippen LogP contribution in [0, 0.1) is 0 Å². The van der Waals surface area contributed by atoms with Gasteiger partial charge in [0.15, 0.2) is 0 Å². The second kappa shape index (κ2) is 5.02. The van der Waals surface area contributed by atoms with Crippen molar-refractivity contribution in [3.05, 3.63) is 34.3 Å². The first-order chi connectivity index (χ1) is 8.72. The predicted molar refractivity (Wildman–Crippen MR) is 74.1 cm³/mol. The van der Waals surface area contributed by atoms with Crippen molar-refractivity contribution in [2.24, 2.45) is 0 Å². The monoisotopic (exact) mass is 308 g/mol. The molecule has 1 saturated carbocycles. The van der Waals surface area contributed by atoms with Crippen LogP contribution in [-0.4, -0.2) is 29.4 Å². The number of halogens is 1. The Morgan fingerprint density at radius 2 is 2.17 bits per heavy atom. The minimum atomic E-state index is 0.0599. The normalized spacial score (nSPS) is 23.7. The Bertz CT molecular complexity index is 459. The molecular formula is C14H17BrN2O. The zero-order valence-corrected chi connectivity index (χ0v) is 11.8. The molecule has 1 amide bonds. The number of nitrogens with one attached hydrogen (secondary N) is 1. The minimum Gasteiger partial charge on any atom is -0.337 e. The summed E-state index contributed by atoms with van der Waals surface area (Å²) >= 11 is 3.46. The quantitative estimate of drug-likeness (QED) is 0.925. The van der Waals surface area contributed by atoms with E-state index in [4.69, 9.17) is 0 Å². The average molecular weight is 309 g/mol.